The van der Waals surface area contributed by atoms with Gasteiger partial charge in [0.05, 0.1) is 2.88 Å². The van der Waals surface area contributed by atoms with Crippen molar-refractivity contribution in [2.24, 2.45) is 0 Å². The van der Waals surface area contributed by atoms with Crippen LogP contribution in [0.25, 0.3) is 10.1 Å². The summed E-state index contributed by atoms with van der Waals surface area (Å²) in [6.45, 7) is 2.05. The predicted molar refractivity (Wildman–Crippen MR) is 65.6 cm³/mol. The molecule has 0 saturated carbocycles. The lowest BCUT2D eigenvalue weighted by molar-refractivity contribution is 0.475. The maximum atomic E-state index is 9.87. The van der Waals surface area contributed by atoms with Crippen LogP contribution in [0.2, 0.25) is 0 Å². The molecule has 2 rings (SSSR count). The number of thiophene rings is 1. The molecule has 0 amide bonds. The first-order valence-electron chi connectivity index (χ1n) is 4.12. The minimum Gasteiger partial charge on any atom is -0.507 e. The molecule has 0 radical (unpaired) electrons. The molecular weight excluding hydrogens is 295 g/mol. The van der Waals surface area contributed by atoms with Gasteiger partial charge in [0.15, 0.2) is 0 Å². The molecule has 3 heteroatoms. The number of benzene rings is 1. The minimum absolute atomic E-state index is 0.458. The van der Waals surface area contributed by atoms with Crippen LogP contribution >= 0.6 is 33.9 Å². The van der Waals surface area contributed by atoms with E-state index < -0.39 is 0 Å². The maximum Gasteiger partial charge on any atom is 0.127 e. The minimum atomic E-state index is 0.458. The average Bonchev–Trinajstić information content (AvgIpc) is 2.47. The highest BCUT2D eigenvalue weighted by molar-refractivity contribution is 14.1. The van der Waals surface area contributed by atoms with E-state index in [2.05, 4.69) is 35.6 Å². The van der Waals surface area contributed by atoms with E-state index in [-0.39, 0.29) is 0 Å². The molecule has 0 aliphatic rings. The Morgan fingerprint density at radius 2 is 2.23 bits per heavy atom. The standard InChI is InChI=1S/C10H9IOS/c1-2-6-3-4-8-7(10(6)12)5-9(11)13-8/h3-5,12H,2H2,1H3. The molecule has 1 nitrogen and oxygen atoms in total. The molecule has 2 aromatic rings. The second-order valence-corrected chi connectivity index (χ2v) is 5.87. The summed E-state index contributed by atoms with van der Waals surface area (Å²) < 4.78 is 2.38. The molecule has 0 aliphatic carbocycles. The quantitative estimate of drug-likeness (QED) is 0.795. The first-order chi connectivity index (χ1) is 6.22. The van der Waals surface area contributed by atoms with Crippen LogP contribution < -0.4 is 0 Å². The van der Waals surface area contributed by atoms with Crippen LogP contribution in [-0.4, -0.2) is 5.11 Å². The van der Waals surface area contributed by atoms with Gasteiger partial charge in [0.2, 0.25) is 0 Å². The highest BCUT2D eigenvalue weighted by atomic mass is 127. The number of halogens is 1. The normalized spacial score (nSPS) is 10.9. The number of phenols is 1. The lowest BCUT2D eigenvalue weighted by atomic mass is 10.1. The van der Waals surface area contributed by atoms with Gasteiger partial charge in [0.1, 0.15) is 5.75 Å². The summed E-state index contributed by atoms with van der Waals surface area (Å²) in [6.07, 6.45) is 0.883. The van der Waals surface area contributed by atoms with Crippen LogP contribution in [-0.2, 0) is 6.42 Å². The maximum absolute atomic E-state index is 9.87. The van der Waals surface area contributed by atoms with Crippen LogP contribution in [0.4, 0.5) is 0 Å². The van der Waals surface area contributed by atoms with Gasteiger partial charge in [-0.25, -0.2) is 0 Å². The van der Waals surface area contributed by atoms with Crippen molar-refractivity contribution in [1.29, 1.82) is 0 Å². The van der Waals surface area contributed by atoms with Crippen LogP contribution in [0.15, 0.2) is 18.2 Å². The first-order valence-corrected chi connectivity index (χ1v) is 6.01. The smallest absolute Gasteiger partial charge is 0.127 e. The zero-order valence-corrected chi connectivity index (χ0v) is 10.1. The molecule has 1 heterocycles. The van der Waals surface area contributed by atoms with Gasteiger partial charge in [-0.1, -0.05) is 13.0 Å². The second-order valence-electron chi connectivity index (χ2n) is 2.89. The number of rotatable bonds is 1. The van der Waals surface area contributed by atoms with E-state index in [0.29, 0.717) is 5.75 Å². The van der Waals surface area contributed by atoms with Crippen molar-refractivity contribution in [3.63, 3.8) is 0 Å². The summed E-state index contributed by atoms with van der Waals surface area (Å²) in [6, 6.07) is 6.13. The molecule has 0 spiro atoms. The summed E-state index contributed by atoms with van der Waals surface area (Å²) in [7, 11) is 0. The van der Waals surface area contributed by atoms with E-state index in [9.17, 15) is 5.11 Å². The summed E-state index contributed by atoms with van der Waals surface area (Å²) in [5.41, 5.74) is 1.03. The van der Waals surface area contributed by atoms with Crippen molar-refractivity contribution in [2.45, 2.75) is 13.3 Å². The van der Waals surface area contributed by atoms with Gasteiger partial charge in [-0.05, 0) is 46.7 Å². The van der Waals surface area contributed by atoms with Crippen molar-refractivity contribution in [1.82, 2.24) is 0 Å². The molecule has 1 aromatic heterocycles. The van der Waals surface area contributed by atoms with Crippen molar-refractivity contribution in [3.05, 3.63) is 26.6 Å². The molecule has 0 atom stereocenters. The zero-order chi connectivity index (χ0) is 9.42. The second kappa shape index (κ2) is 3.46. The SMILES string of the molecule is CCc1ccc2sc(I)cc2c1O. The summed E-state index contributed by atoms with van der Waals surface area (Å²) in [5.74, 6) is 0.458. The molecule has 1 N–H and O–H groups in total. The Bertz CT molecular complexity index is 447. The van der Waals surface area contributed by atoms with E-state index in [0.717, 1.165) is 17.4 Å². The van der Waals surface area contributed by atoms with Crippen molar-refractivity contribution in [3.8, 4) is 5.75 Å². The summed E-state index contributed by atoms with van der Waals surface area (Å²) in [4.78, 5) is 0. The lowest BCUT2D eigenvalue weighted by Crippen LogP contribution is -1.80. The predicted octanol–water partition coefficient (Wildman–Crippen LogP) is 3.77. The van der Waals surface area contributed by atoms with Gasteiger partial charge in [0.25, 0.3) is 0 Å². The third-order valence-corrected chi connectivity index (χ3v) is 3.97. The zero-order valence-electron chi connectivity index (χ0n) is 7.17. The Kier molecular flexibility index (Phi) is 2.47. The number of hydrogen-bond acceptors (Lipinski definition) is 2. The fourth-order valence-corrected chi connectivity index (χ4v) is 3.21. The summed E-state index contributed by atoms with van der Waals surface area (Å²) in [5, 5.41) is 10.9. The fourth-order valence-electron chi connectivity index (χ4n) is 1.40. The van der Waals surface area contributed by atoms with Gasteiger partial charge in [-0.3, -0.25) is 0 Å². The number of aryl methyl sites for hydroxylation is 1. The Labute approximate surface area is 94.5 Å². The number of phenolic OH excluding ortho intramolecular Hbond substituents is 1. The lowest BCUT2D eigenvalue weighted by Gasteiger charge is -2.01. The van der Waals surface area contributed by atoms with Gasteiger partial charge in [-0.15, -0.1) is 11.3 Å². The van der Waals surface area contributed by atoms with Crippen LogP contribution in [0.1, 0.15) is 12.5 Å². The van der Waals surface area contributed by atoms with Gasteiger partial charge >= 0.3 is 0 Å². The van der Waals surface area contributed by atoms with Crippen LogP contribution in [0.5, 0.6) is 5.75 Å². The number of hydrogen-bond donors (Lipinski definition) is 1. The third kappa shape index (κ3) is 1.55. The van der Waals surface area contributed by atoms with E-state index in [1.807, 2.05) is 12.1 Å². The monoisotopic (exact) mass is 304 g/mol. The first kappa shape index (κ1) is 9.27. The highest BCUT2D eigenvalue weighted by Gasteiger charge is 2.07. The largest absolute Gasteiger partial charge is 0.507 e. The van der Waals surface area contributed by atoms with E-state index in [1.54, 1.807) is 11.3 Å². The third-order valence-electron chi connectivity index (χ3n) is 2.11. The Morgan fingerprint density at radius 3 is 2.92 bits per heavy atom. The van der Waals surface area contributed by atoms with Gasteiger partial charge < -0.3 is 5.11 Å². The molecule has 0 unspecified atom stereocenters. The van der Waals surface area contributed by atoms with Crippen LogP contribution in [0.3, 0.4) is 0 Å². The van der Waals surface area contributed by atoms with Crippen molar-refractivity contribution in [2.75, 3.05) is 0 Å². The van der Waals surface area contributed by atoms with Gasteiger partial charge in [0, 0.05) is 10.1 Å². The highest BCUT2D eigenvalue weighted by Crippen LogP contribution is 2.35. The number of aromatic hydroxyl groups is 1. The molecule has 0 fully saturated rings. The molecule has 68 valence electrons. The Hall–Kier alpha value is -0.290. The number of fused-ring (bicyclic) bond motifs is 1. The average molecular weight is 304 g/mol. The van der Waals surface area contributed by atoms with E-state index in [4.69, 9.17) is 0 Å². The topological polar surface area (TPSA) is 20.2 Å². The molecule has 0 bridgehead atoms. The van der Waals surface area contributed by atoms with E-state index >= 15 is 0 Å². The van der Waals surface area contributed by atoms with E-state index in [1.165, 1.54) is 7.58 Å². The van der Waals surface area contributed by atoms with Crippen molar-refractivity contribution >= 4 is 44.0 Å². The molecule has 0 saturated heterocycles. The Balaban J connectivity index is 2.78. The van der Waals surface area contributed by atoms with Gasteiger partial charge in [-0.2, -0.15) is 0 Å². The fraction of sp³-hybridized carbons (Fsp3) is 0.200. The molecule has 1 aromatic carbocycles. The Morgan fingerprint density at radius 1 is 1.46 bits per heavy atom. The van der Waals surface area contributed by atoms with Crippen LogP contribution in [0, 0.1) is 2.88 Å². The molecular formula is C10H9IOS. The summed E-state index contributed by atoms with van der Waals surface area (Å²) >= 11 is 3.99. The van der Waals surface area contributed by atoms with Crippen molar-refractivity contribution < 1.29 is 5.11 Å². The molecule has 0 aliphatic heterocycles. The molecule has 13 heavy (non-hydrogen) atoms.